The highest BCUT2D eigenvalue weighted by atomic mass is 35.5. The van der Waals surface area contributed by atoms with Crippen molar-refractivity contribution in [2.45, 2.75) is 31.7 Å². The van der Waals surface area contributed by atoms with Gasteiger partial charge in [-0.25, -0.2) is 8.78 Å². The number of halogens is 5. The molecule has 1 saturated heterocycles. The first kappa shape index (κ1) is 25.2. The molecular weight excluding hydrogens is 484 g/mol. The van der Waals surface area contributed by atoms with Gasteiger partial charge in [0.25, 0.3) is 5.91 Å². The molecule has 13 heteroatoms. The lowest BCUT2D eigenvalue weighted by Crippen LogP contribution is -2.59. The Morgan fingerprint density at radius 3 is 2.41 bits per heavy atom. The zero-order valence-corrected chi connectivity index (χ0v) is 18.1. The maximum Gasteiger partial charge on any atom is 0.387 e. The molecule has 1 aliphatic rings. The number of amides is 2. The number of carbonyl (C=O) groups is 2. The van der Waals surface area contributed by atoms with E-state index in [-0.39, 0.29) is 34.9 Å². The number of nitrogen functional groups attached to an aromatic ring is 1. The number of benzene rings is 2. The van der Waals surface area contributed by atoms with Crippen molar-refractivity contribution in [3.63, 3.8) is 0 Å². The topological polar surface area (TPSA) is 129 Å². The zero-order chi connectivity index (χ0) is 25.2. The normalized spacial score (nSPS) is 16.1. The van der Waals surface area contributed by atoms with Gasteiger partial charge in [0.05, 0.1) is 0 Å². The molecule has 3 rings (SSSR count). The molecule has 0 saturated carbocycles. The predicted molar refractivity (Wildman–Crippen MR) is 112 cm³/mol. The fourth-order valence-electron chi connectivity index (χ4n) is 3.36. The highest BCUT2D eigenvalue weighted by Crippen LogP contribution is 2.29. The standard InChI is InChI=1S/C21H19ClF4N4O4/c22-11-3-9(4-12(7-11)34-21(25)26)17(31)20(33)30-2-1-16(30)19(32)29-8-13-14(23)5-10(18(27)28)6-15(13)24/h3-7,16-17,21,31H,1-2,8H2,(H3,27,28)(H,29,32). The third kappa shape index (κ3) is 5.57. The molecule has 0 bridgehead atoms. The van der Waals surface area contributed by atoms with Crippen LogP contribution >= 0.6 is 11.6 Å². The minimum Gasteiger partial charge on any atom is -0.435 e. The van der Waals surface area contributed by atoms with Crippen molar-refractivity contribution in [2.75, 3.05) is 6.54 Å². The summed E-state index contributed by atoms with van der Waals surface area (Å²) in [6.45, 7) is -3.56. The van der Waals surface area contributed by atoms with Gasteiger partial charge in [0.1, 0.15) is 29.3 Å². The van der Waals surface area contributed by atoms with Gasteiger partial charge in [-0.2, -0.15) is 8.78 Å². The number of nitrogens with one attached hydrogen (secondary N) is 2. The number of rotatable bonds is 8. The van der Waals surface area contributed by atoms with Gasteiger partial charge < -0.3 is 25.8 Å². The largest absolute Gasteiger partial charge is 0.435 e. The Labute approximate surface area is 195 Å². The lowest BCUT2D eigenvalue weighted by molar-refractivity contribution is -0.154. The van der Waals surface area contributed by atoms with E-state index >= 15 is 0 Å². The quantitative estimate of drug-likeness (QED) is 0.250. The molecule has 1 heterocycles. The fraction of sp³-hybridized carbons (Fsp3) is 0.286. The van der Waals surface area contributed by atoms with E-state index in [1.54, 1.807) is 0 Å². The third-order valence-corrected chi connectivity index (χ3v) is 5.38. The predicted octanol–water partition coefficient (Wildman–Crippen LogP) is 2.45. The maximum absolute atomic E-state index is 14.2. The minimum absolute atomic E-state index is 0.0576. The highest BCUT2D eigenvalue weighted by molar-refractivity contribution is 6.30. The van der Waals surface area contributed by atoms with Crippen molar-refractivity contribution in [2.24, 2.45) is 5.73 Å². The van der Waals surface area contributed by atoms with Crippen LogP contribution in [-0.4, -0.2) is 46.9 Å². The summed E-state index contributed by atoms with van der Waals surface area (Å²) in [5, 5.41) is 19.9. The van der Waals surface area contributed by atoms with Gasteiger partial charge in [0, 0.05) is 29.2 Å². The third-order valence-electron chi connectivity index (χ3n) is 5.17. The van der Waals surface area contributed by atoms with E-state index in [0.717, 1.165) is 29.2 Å². The number of hydrogen-bond acceptors (Lipinski definition) is 5. The fourth-order valence-corrected chi connectivity index (χ4v) is 3.59. The molecule has 2 atom stereocenters. The molecule has 0 radical (unpaired) electrons. The summed E-state index contributed by atoms with van der Waals surface area (Å²) in [6.07, 6.45) is -1.59. The number of amidine groups is 1. The van der Waals surface area contributed by atoms with Crippen LogP contribution in [0.3, 0.4) is 0 Å². The van der Waals surface area contributed by atoms with Gasteiger partial charge in [-0.1, -0.05) is 11.6 Å². The Morgan fingerprint density at radius 1 is 1.24 bits per heavy atom. The maximum atomic E-state index is 14.2. The summed E-state index contributed by atoms with van der Waals surface area (Å²) in [4.78, 5) is 26.2. The van der Waals surface area contributed by atoms with Crippen molar-refractivity contribution in [1.29, 1.82) is 5.41 Å². The second-order valence-electron chi connectivity index (χ2n) is 7.39. The molecule has 1 aliphatic heterocycles. The monoisotopic (exact) mass is 502 g/mol. The van der Waals surface area contributed by atoms with Crippen molar-refractivity contribution in [1.82, 2.24) is 10.2 Å². The van der Waals surface area contributed by atoms with Crippen LogP contribution in [0, 0.1) is 17.0 Å². The lowest BCUT2D eigenvalue weighted by atomic mass is 9.98. The number of alkyl halides is 2. The first-order valence-corrected chi connectivity index (χ1v) is 10.2. The Balaban J connectivity index is 1.66. The van der Waals surface area contributed by atoms with E-state index < -0.39 is 60.1 Å². The van der Waals surface area contributed by atoms with Crippen LogP contribution in [-0.2, 0) is 16.1 Å². The molecule has 2 amide bonds. The summed E-state index contributed by atoms with van der Waals surface area (Å²) in [5.74, 6) is -4.50. The van der Waals surface area contributed by atoms with E-state index in [1.165, 1.54) is 6.07 Å². The van der Waals surface area contributed by atoms with Crippen molar-refractivity contribution in [3.8, 4) is 5.75 Å². The molecule has 2 aromatic rings. The van der Waals surface area contributed by atoms with Gasteiger partial charge in [-0.05, 0) is 42.3 Å². The molecule has 182 valence electrons. The first-order valence-electron chi connectivity index (χ1n) is 9.81. The second kappa shape index (κ2) is 10.3. The van der Waals surface area contributed by atoms with Crippen LogP contribution in [0.2, 0.25) is 5.02 Å². The molecule has 0 aromatic heterocycles. The van der Waals surface area contributed by atoms with E-state index in [1.807, 2.05) is 0 Å². The van der Waals surface area contributed by atoms with Gasteiger partial charge in [-0.15, -0.1) is 0 Å². The summed E-state index contributed by atoms with van der Waals surface area (Å²) in [7, 11) is 0. The van der Waals surface area contributed by atoms with Gasteiger partial charge in [-0.3, -0.25) is 15.0 Å². The number of likely N-dealkylation sites (tertiary alicyclic amines) is 1. The van der Waals surface area contributed by atoms with E-state index in [9.17, 15) is 32.3 Å². The van der Waals surface area contributed by atoms with Crippen molar-refractivity contribution in [3.05, 3.63) is 63.7 Å². The number of nitrogens with two attached hydrogens (primary N) is 1. The zero-order valence-electron chi connectivity index (χ0n) is 17.3. The molecular formula is C21H19ClF4N4O4. The molecule has 0 spiro atoms. The lowest BCUT2D eigenvalue weighted by Gasteiger charge is -2.40. The summed E-state index contributed by atoms with van der Waals surface area (Å²) >= 11 is 5.84. The Morgan fingerprint density at radius 2 is 1.88 bits per heavy atom. The van der Waals surface area contributed by atoms with E-state index in [2.05, 4.69) is 10.1 Å². The summed E-state index contributed by atoms with van der Waals surface area (Å²) in [5.41, 5.74) is 4.48. The second-order valence-corrected chi connectivity index (χ2v) is 7.82. The molecule has 2 unspecified atom stereocenters. The molecule has 1 fully saturated rings. The molecule has 34 heavy (non-hydrogen) atoms. The molecule has 5 N–H and O–H groups in total. The van der Waals surface area contributed by atoms with Gasteiger partial charge >= 0.3 is 6.61 Å². The van der Waals surface area contributed by atoms with Crippen LogP contribution in [0.15, 0.2) is 30.3 Å². The van der Waals surface area contributed by atoms with Crippen LogP contribution in [0.1, 0.15) is 29.2 Å². The van der Waals surface area contributed by atoms with Gasteiger partial charge in [0.2, 0.25) is 5.91 Å². The number of aliphatic hydroxyl groups excluding tert-OH is 1. The summed E-state index contributed by atoms with van der Waals surface area (Å²) in [6, 6.07) is 3.99. The number of carbonyl (C=O) groups excluding carboxylic acids is 2. The summed E-state index contributed by atoms with van der Waals surface area (Å²) < 4.78 is 57.5. The molecule has 2 aromatic carbocycles. The molecule has 8 nitrogen and oxygen atoms in total. The number of hydrogen-bond donors (Lipinski definition) is 4. The Hall–Kier alpha value is -3.38. The number of ether oxygens (including phenoxy) is 1. The molecule has 0 aliphatic carbocycles. The highest BCUT2D eigenvalue weighted by Gasteiger charge is 2.40. The average molecular weight is 503 g/mol. The smallest absolute Gasteiger partial charge is 0.387 e. The minimum atomic E-state index is -3.14. The van der Waals surface area contributed by atoms with Crippen LogP contribution in [0.5, 0.6) is 5.75 Å². The number of aliphatic hydroxyl groups is 1. The Bertz CT molecular complexity index is 1110. The van der Waals surface area contributed by atoms with Crippen molar-refractivity contribution < 1.29 is 37.0 Å². The van der Waals surface area contributed by atoms with Crippen LogP contribution < -0.4 is 15.8 Å². The Kier molecular flexibility index (Phi) is 7.62. The van der Waals surface area contributed by atoms with Gasteiger partial charge in [0.15, 0.2) is 6.10 Å². The average Bonchev–Trinajstić information content (AvgIpc) is 2.70. The first-order chi connectivity index (χ1) is 16.0. The van der Waals surface area contributed by atoms with E-state index in [0.29, 0.717) is 0 Å². The van der Waals surface area contributed by atoms with Crippen LogP contribution in [0.25, 0.3) is 0 Å². The van der Waals surface area contributed by atoms with E-state index in [4.69, 9.17) is 22.7 Å². The van der Waals surface area contributed by atoms with Crippen LogP contribution in [0.4, 0.5) is 17.6 Å². The SMILES string of the molecule is N=C(N)c1cc(F)c(CNC(=O)C2CCN2C(=O)C(O)c2cc(Cl)cc(OC(F)F)c2)c(F)c1. The number of nitrogens with zero attached hydrogens (tertiary/aromatic N) is 1. The van der Waals surface area contributed by atoms with Crippen molar-refractivity contribution >= 4 is 29.3 Å².